The molecular formula is C34H39FN4O3. The summed E-state index contributed by atoms with van der Waals surface area (Å²) in [6.45, 7) is 10.1. The number of likely N-dealkylation sites (tertiary alicyclic amines) is 1. The molecule has 2 heterocycles. The summed E-state index contributed by atoms with van der Waals surface area (Å²) >= 11 is 0. The van der Waals surface area contributed by atoms with Gasteiger partial charge in [0.1, 0.15) is 17.1 Å². The molecule has 1 saturated heterocycles. The summed E-state index contributed by atoms with van der Waals surface area (Å²) in [6, 6.07) is 22.8. The smallest absolute Gasteiger partial charge is 0.407 e. The van der Waals surface area contributed by atoms with Crippen molar-refractivity contribution in [3.63, 3.8) is 0 Å². The van der Waals surface area contributed by atoms with Gasteiger partial charge in [0.15, 0.2) is 0 Å². The summed E-state index contributed by atoms with van der Waals surface area (Å²) < 4.78 is 18.8. The third-order valence-corrected chi connectivity index (χ3v) is 7.74. The van der Waals surface area contributed by atoms with E-state index >= 15 is 0 Å². The molecule has 0 bridgehead atoms. The van der Waals surface area contributed by atoms with Gasteiger partial charge in [0.2, 0.25) is 0 Å². The number of fused-ring (bicyclic) bond motifs is 1. The lowest BCUT2D eigenvalue weighted by molar-refractivity contribution is 0.0519. The van der Waals surface area contributed by atoms with Crippen molar-refractivity contribution in [1.82, 2.24) is 20.5 Å². The van der Waals surface area contributed by atoms with Gasteiger partial charge in [0.05, 0.1) is 0 Å². The Morgan fingerprint density at radius 1 is 0.976 bits per heavy atom. The molecular weight excluding hydrogens is 531 g/mol. The second kappa shape index (κ2) is 12.4. The molecule has 7 nitrogen and oxygen atoms in total. The molecule has 1 aliphatic rings. The number of benzene rings is 3. The number of ether oxygens (including phenoxy) is 1. The van der Waals surface area contributed by atoms with Crippen molar-refractivity contribution in [2.45, 2.75) is 52.3 Å². The normalized spacial score (nSPS) is 17.4. The number of hydrogen-bond acceptors (Lipinski definition) is 4. The van der Waals surface area contributed by atoms with Crippen LogP contribution in [0.3, 0.4) is 0 Å². The van der Waals surface area contributed by atoms with Crippen LogP contribution in [0, 0.1) is 18.7 Å². The van der Waals surface area contributed by atoms with Crippen LogP contribution in [0.2, 0.25) is 0 Å². The van der Waals surface area contributed by atoms with E-state index in [-0.39, 0.29) is 23.7 Å². The standard InChI is InChI=1S/C34H39FN4O3/c1-22-29-15-12-26(25-10-13-27(35)14-11-25)17-30(29)38-31(22)32(40)36-19-28-16-24(18-37-33(41)42-34(2,3)4)21-39(28)20-23-8-6-5-7-9-23/h5-15,17,24,28,38H,16,18-21H2,1-4H3,(H,36,40)(H,37,41)/t24-,28+/m1/s1. The number of aromatic nitrogens is 1. The summed E-state index contributed by atoms with van der Waals surface area (Å²) in [6.07, 6.45) is 0.432. The Morgan fingerprint density at radius 3 is 2.40 bits per heavy atom. The van der Waals surface area contributed by atoms with E-state index in [0.717, 1.165) is 47.1 Å². The number of aryl methyl sites for hydroxylation is 1. The number of amides is 2. The topological polar surface area (TPSA) is 86.5 Å². The van der Waals surface area contributed by atoms with E-state index in [1.165, 1.54) is 17.7 Å². The van der Waals surface area contributed by atoms with Gasteiger partial charge in [0.25, 0.3) is 5.91 Å². The minimum absolute atomic E-state index is 0.120. The Morgan fingerprint density at radius 2 is 1.69 bits per heavy atom. The second-order valence-electron chi connectivity index (χ2n) is 12.2. The molecule has 220 valence electrons. The zero-order valence-corrected chi connectivity index (χ0v) is 24.7. The minimum atomic E-state index is -0.546. The summed E-state index contributed by atoms with van der Waals surface area (Å²) in [4.78, 5) is 31.3. The van der Waals surface area contributed by atoms with Crippen LogP contribution in [0.25, 0.3) is 22.0 Å². The molecule has 1 aliphatic heterocycles. The van der Waals surface area contributed by atoms with Gasteiger partial charge in [-0.3, -0.25) is 9.69 Å². The molecule has 5 rings (SSSR count). The third kappa shape index (κ3) is 7.18. The van der Waals surface area contributed by atoms with Crippen molar-refractivity contribution in [2.75, 3.05) is 19.6 Å². The van der Waals surface area contributed by atoms with Crippen LogP contribution >= 0.6 is 0 Å². The van der Waals surface area contributed by atoms with Gasteiger partial charge in [0, 0.05) is 43.1 Å². The number of alkyl carbamates (subject to hydrolysis) is 1. The van der Waals surface area contributed by atoms with E-state index < -0.39 is 11.7 Å². The highest BCUT2D eigenvalue weighted by atomic mass is 19.1. The van der Waals surface area contributed by atoms with Crippen LogP contribution in [0.1, 0.15) is 48.8 Å². The maximum atomic E-state index is 13.4. The molecule has 2 atom stereocenters. The fraction of sp³-hybridized carbons (Fsp3) is 0.353. The van der Waals surface area contributed by atoms with Crippen LogP contribution in [0.15, 0.2) is 72.8 Å². The highest BCUT2D eigenvalue weighted by molar-refractivity contribution is 6.01. The predicted molar refractivity (Wildman–Crippen MR) is 164 cm³/mol. The summed E-state index contributed by atoms with van der Waals surface area (Å²) in [7, 11) is 0. The largest absolute Gasteiger partial charge is 0.444 e. The van der Waals surface area contributed by atoms with Gasteiger partial charge in [-0.1, -0.05) is 54.6 Å². The van der Waals surface area contributed by atoms with Gasteiger partial charge < -0.3 is 20.4 Å². The average Bonchev–Trinajstić information content (AvgIpc) is 3.50. The first kappa shape index (κ1) is 29.3. The molecule has 1 fully saturated rings. The molecule has 0 radical (unpaired) electrons. The van der Waals surface area contributed by atoms with Crippen molar-refractivity contribution >= 4 is 22.9 Å². The molecule has 4 aromatic rings. The second-order valence-corrected chi connectivity index (χ2v) is 12.2. The monoisotopic (exact) mass is 570 g/mol. The molecule has 8 heteroatoms. The first-order valence-corrected chi connectivity index (χ1v) is 14.5. The fourth-order valence-corrected chi connectivity index (χ4v) is 5.69. The molecule has 42 heavy (non-hydrogen) atoms. The number of H-pyrrole nitrogens is 1. The molecule has 0 saturated carbocycles. The molecule has 0 aliphatic carbocycles. The van der Waals surface area contributed by atoms with E-state index in [0.29, 0.717) is 18.8 Å². The number of nitrogens with zero attached hydrogens (tertiary/aromatic N) is 1. The molecule has 2 amide bonds. The molecule has 1 aromatic heterocycles. The Balaban J connectivity index is 1.26. The minimum Gasteiger partial charge on any atom is -0.444 e. The summed E-state index contributed by atoms with van der Waals surface area (Å²) in [5, 5.41) is 7.06. The zero-order valence-electron chi connectivity index (χ0n) is 24.7. The lowest BCUT2D eigenvalue weighted by Crippen LogP contribution is -2.40. The summed E-state index contributed by atoms with van der Waals surface area (Å²) in [5.41, 5.74) is 4.81. The maximum absolute atomic E-state index is 13.4. The van der Waals surface area contributed by atoms with Crippen LogP contribution in [0.4, 0.5) is 9.18 Å². The number of aromatic amines is 1. The van der Waals surface area contributed by atoms with Crippen molar-refractivity contribution in [3.05, 3.63) is 95.4 Å². The fourth-order valence-electron chi connectivity index (χ4n) is 5.69. The number of carbonyl (C=O) groups excluding carboxylic acids is 2. The van der Waals surface area contributed by atoms with E-state index in [9.17, 15) is 14.0 Å². The van der Waals surface area contributed by atoms with Gasteiger partial charge in [-0.05, 0) is 80.5 Å². The first-order chi connectivity index (χ1) is 20.1. The van der Waals surface area contributed by atoms with Crippen molar-refractivity contribution < 1.29 is 18.7 Å². The molecule has 0 unspecified atom stereocenters. The van der Waals surface area contributed by atoms with Crippen LogP contribution < -0.4 is 10.6 Å². The highest BCUT2D eigenvalue weighted by Gasteiger charge is 2.33. The number of carbonyl (C=O) groups is 2. The Kier molecular flexibility index (Phi) is 8.64. The van der Waals surface area contributed by atoms with Gasteiger partial charge >= 0.3 is 6.09 Å². The van der Waals surface area contributed by atoms with E-state index in [2.05, 4.69) is 32.7 Å². The van der Waals surface area contributed by atoms with Crippen molar-refractivity contribution in [2.24, 2.45) is 5.92 Å². The number of halogens is 1. The summed E-state index contributed by atoms with van der Waals surface area (Å²) in [5.74, 6) is -0.186. The Bertz CT molecular complexity index is 1540. The van der Waals surface area contributed by atoms with Gasteiger partial charge in [-0.25, -0.2) is 9.18 Å². The van der Waals surface area contributed by atoms with E-state index in [4.69, 9.17) is 4.74 Å². The van der Waals surface area contributed by atoms with Crippen molar-refractivity contribution in [1.29, 1.82) is 0 Å². The lowest BCUT2D eigenvalue weighted by atomic mass is 10.0. The SMILES string of the molecule is Cc1c(C(=O)NC[C@@H]2C[C@H](CNC(=O)OC(C)(C)C)CN2Cc2ccccc2)[nH]c2cc(-c3ccc(F)cc3)ccc12. The first-order valence-electron chi connectivity index (χ1n) is 14.5. The van der Waals surface area contributed by atoms with Crippen LogP contribution in [0.5, 0.6) is 0 Å². The maximum Gasteiger partial charge on any atom is 0.407 e. The number of nitrogens with one attached hydrogen (secondary N) is 3. The zero-order chi connectivity index (χ0) is 29.9. The van der Waals surface area contributed by atoms with E-state index in [1.807, 2.05) is 64.1 Å². The highest BCUT2D eigenvalue weighted by Crippen LogP contribution is 2.29. The molecule has 0 spiro atoms. The van der Waals surface area contributed by atoms with Gasteiger partial charge in [-0.2, -0.15) is 0 Å². The Labute approximate surface area is 246 Å². The van der Waals surface area contributed by atoms with Crippen LogP contribution in [-0.4, -0.2) is 53.2 Å². The quantitative estimate of drug-likeness (QED) is 0.228. The van der Waals surface area contributed by atoms with Crippen LogP contribution in [-0.2, 0) is 11.3 Å². The average molecular weight is 571 g/mol. The lowest BCUT2D eigenvalue weighted by Gasteiger charge is -2.24. The molecule has 3 N–H and O–H groups in total. The third-order valence-electron chi connectivity index (χ3n) is 7.74. The Hall–Kier alpha value is -4.17. The van der Waals surface area contributed by atoms with Gasteiger partial charge in [-0.15, -0.1) is 0 Å². The van der Waals surface area contributed by atoms with E-state index in [1.54, 1.807) is 12.1 Å². The van der Waals surface area contributed by atoms with Crippen molar-refractivity contribution in [3.8, 4) is 11.1 Å². The predicted octanol–water partition coefficient (Wildman–Crippen LogP) is 6.43. The number of rotatable bonds is 8. The molecule has 3 aromatic carbocycles. The number of hydrogen-bond donors (Lipinski definition) is 3.